The van der Waals surface area contributed by atoms with Crippen molar-refractivity contribution in [2.45, 2.75) is 26.2 Å². The van der Waals surface area contributed by atoms with Gasteiger partial charge in [-0.25, -0.2) is 4.99 Å². The van der Waals surface area contributed by atoms with E-state index >= 15 is 0 Å². The minimum absolute atomic E-state index is 0.0307. The Balaban J connectivity index is 1.86. The van der Waals surface area contributed by atoms with Crippen LogP contribution in [0.1, 0.15) is 42.3 Å². The van der Waals surface area contributed by atoms with Crippen LogP contribution < -0.4 is 5.32 Å². The van der Waals surface area contributed by atoms with Crippen LogP contribution in [0, 0.1) is 0 Å². The number of nitrogens with one attached hydrogen (secondary N) is 1. The Labute approximate surface area is 147 Å². The minimum atomic E-state index is -0.371. The van der Waals surface area contributed by atoms with Crippen molar-refractivity contribution < 1.29 is 14.6 Å². The van der Waals surface area contributed by atoms with Crippen LogP contribution in [-0.2, 0) is 10.2 Å². The number of carbonyl (C=O) groups is 1. The summed E-state index contributed by atoms with van der Waals surface area (Å²) in [6.07, 6.45) is 0. The number of carbonyl (C=O) groups excluding carboxylic acids is 1. The van der Waals surface area contributed by atoms with Gasteiger partial charge in [-0.3, -0.25) is 4.79 Å². The normalized spacial score (nSPS) is 14.0. The maximum absolute atomic E-state index is 12.6. The highest BCUT2D eigenvalue weighted by molar-refractivity contribution is 6.10. The number of rotatable bonds is 3. The number of hydrogen-bond acceptors (Lipinski definition) is 4. The van der Waals surface area contributed by atoms with Crippen LogP contribution in [0.4, 0.5) is 5.69 Å². The van der Waals surface area contributed by atoms with Gasteiger partial charge in [-0.05, 0) is 35.2 Å². The summed E-state index contributed by atoms with van der Waals surface area (Å²) in [4.78, 5) is 16.9. The van der Waals surface area contributed by atoms with Crippen molar-refractivity contribution in [3.05, 3.63) is 59.2 Å². The molecule has 0 spiro atoms. The number of phenols is 1. The second-order valence-corrected chi connectivity index (χ2v) is 7.02. The van der Waals surface area contributed by atoms with Crippen molar-refractivity contribution in [2.75, 3.05) is 18.5 Å². The first-order valence-electron chi connectivity index (χ1n) is 8.28. The van der Waals surface area contributed by atoms with Crippen molar-refractivity contribution >= 4 is 17.5 Å². The number of nitrogens with zero attached hydrogens (tertiary/aromatic N) is 1. The molecule has 5 heteroatoms. The van der Waals surface area contributed by atoms with Crippen LogP contribution in [-0.4, -0.2) is 30.1 Å². The van der Waals surface area contributed by atoms with Gasteiger partial charge in [0.05, 0.1) is 23.4 Å². The smallest absolute Gasteiger partial charge is 0.259 e. The first kappa shape index (κ1) is 17.0. The number of anilines is 1. The summed E-state index contributed by atoms with van der Waals surface area (Å²) in [7, 11) is 0. The van der Waals surface area contributed by atoms with E-state index in [-0.39, 0.29) is 22.6 Å². The quantitative estimate of drug-likeness (QED) is 0.896. The van der Waals surface area contributed by atoms with Crippen molar-refractivity contribution in [3.8, 4) is 5.75 Å². The van der Waals surface area contributed by atoms with E-state index in [1.165, 1.54) is 0 Å². The Bertz CT molecular complexity index is 835. The lowest BCUT2D eigenvalue weighted by atomic mass is 9.86. The van der Waals surface area contributed by atoms with Gasteiger partial charge in [0.1, 0.15) is 12.4 Å². The molecule has 0 fully saturated rings. The first-order valence-corrected chi connectivity index (χ1v) is 8.28. The van der Waals surface area contributed by atoms with Gasteiger partial charge in [0, 0.05) is 0 Å². The van der Waals surface area contributed by atoms with E-state index in [4.69, 9.17) is 4.74 Å². The molecule has 1 amide bonds. The first-order chi connectivity index (χ1) is 11.9. The van der Waals surface area contributed by atoms with Crippen LogP contribution in [0.3, 0.4) is 0 Å². The third-order valence-electron chi connectivity index (χ3n) is 4.10. The Kier molecular flexibility index (Phi) is 4.49. The van der Waals surface area contributed by atoms with E-state index in [0.29, 0.717) is 24.7 Å². The van der Waals surface area contributed by atoms with Crippen molar-refractivity contribution in [3.63, 3.8) is 0 Å². The molecule has 130 valence electrons. The zero-order chi connectivity index (χ0) is 18.0. The standard InChI is InChI=1S/C20H22N2O3/c1-20(2,3)13-8-9-15(17(23)12-13)18(24)22-16-7-5-4-6-14(16)19-21-10-11-25-19/h4-9,12,23H,10-11H2,1-3H3,(H,22,24). The zero-order valence-electron chi connectivity index (χ0n) is 14.7. The molecule has 0 atom stereocenters. The monoisotopic (exact) mass is 338 g/mol. The van der Waals surface area contributed by atoms with Crippen LogP contribution in [0.15, 0.2) is 47.5 Å². The molecule has 2 aromatic carbocycles. The molecule has 2 N–H and O–H groups in total. The predicted molar refractivity (Wildman–Crippen MR) is 98.6 cm³/mol. The lowest BCUT2D eigenvalue weighted by Gasteiger charge is -2.20. The highest BCUT2D eigenvalue weighted by atomic mass is 16.5. The SMILES string of the molecule is CC(C)(C)c1ccc(C(=O)Nc2ccccc2C2=NCCO2)c(O)c1. The van der Waals surface area contributed by atoms with Gasteiger partial charge in [-0.15, -0.1) is 0 Å². The summed E-state index contributed by atoms with van der Waals surface area (Å²) in [5.41, 5.74) is 2.44. The van der Waals surface area contributed by atoms with Gasteiger partial charge in [0.15, 0.2) is 0 Å². The maximum Gasteiger partial charge on any atom is 0.259 e. The van der Waals surface area contributed by atoms with Gasteiger partial charge >= 0.3 is 0 Å². The van der Waals surface area contributed by atoms with E-state index in [1.807, 2.05) is 24.3 Å². The summed E-state index contributed by atoms with van der Waals surface area (Å²) < 4.78 is 5.49. The van der Waals surface area contributed by atoms with Gasteiger partial charge in [0.25, 0.3) is 5.91 Å². The number of amides is 1. The van der Waals surface area contributed by atoms with Crippen molar-refractivity contribution in [2.24, 2.45) is 4.99 Å². The molecule has 2 aromatic rings. The number of phenolic OH excluding ortho intramolecular Hbond substituents is 1. The third-order valence-corrected chi connectivity index (χ3v) is 4.10. The number of aromatic hydroxyl groups is 1. The van der Waals surface area contributed by atoms with E-state index in [0.717, 1.165) is 11.1 Å². The second-order valence-electron chi connectivity index (χ2n) is 7.02. The molecule has 0 bridgehead atoms. The number of aliphatic imine (C=N–C) groups is 1. The van der Waals surface area contributed by atoms with Crippen LogP contribution in [0.25, 0.3) is 0 Å². The van der Waals surface area contributed by atoms with Crippen molar-refractivity contribution in [1.82, 2.24) is 0 Å². The van der Waals surface area contributed by atoms with E-state index in [9.17, 15) is 9.90 Å². The highest BCUT2D eigenvalue weighted by Crippen LogP contribution is 2.29. The average molecular weight is 338 g/mol. The maximum atomic E-state index is 12.6. The van der Waals surface area contributed by atoms with E-state index in [2.05, 4.69) is 31.1 Å². The third kappa shape index (κ3) is 3.65. The highest BCUT2D eigenvalue weighted by Gasteiger charge is 2.20. The molecule has 0 aliphatic carbocycles. The summed E-state index contributed by atoms with van der Waals surface area (Å²) in [6, 6.07) is 12.5. The zero-order valence-corrected chi connectivity index (χ0v) is 14.7. The summed E-state index contributed by atoms with van der Waals surface area (Å²) in [6.45, 7) is 7.33. The van der Waals surface area contributed by atoms with Gasteiger partial charge in [-0.2, -0.15) is 0 Å². The molecule has 1 aliphatic heterocycles. The van der Waals surface area contributed by atoms with Crippen LogP contribution >= 0.6 is 0 Å². The molecule has 1 heterocycles. The molecule has 5 nitrogen and oxygen atoms in total. The van der Waals surface area contributed by atoms with E-state index in [1.54, 1.807) is 18.2 Å². The number of ether oxygens (including phenoxy) is 1. The Morgan fingerprint density at radius 1 is 1.20 bits per heavy atom. The number of para-hydroxylation sites is 1. The van der Waals surface area contributed by atoms with Gasteiger partial charge in [0.2, 0.25) is 5.90 Å². The Morgan fingerprint density at radius 2 is 1.96 bits per heavy atom. The topological polar surface area (TPSA) is 70.9 Å². The molecule has 0 aromatic heterocycles. The molecular weight excluding hydrogens is 316 g/mol. The van der Waals surface area contributed by atoms with Gasteiger partial charge < -0.3 is 15.2 Å². The fourth-order valence-corrected chi connectivity index (χ4v) is 2.66. The van der Waals surface area contributed by atoms with Crippen LogP contribution in [0.5, 0.6) is 5.75 Å². The average Bonchev–Trinajstić information content (AvgIpc) is 3.08. The molecule has 0 saturated heterocycles. The molecule has 0 saturated carbocycles. The summed E-state index contributed by atoms with van der Waals surface area (Å²) in [5, 5.41) is 13.1. The number of hydrogen-bond donors (Lipinski definition) is 2. The fourth-order valence-electron chi connectivity index (χ4n) is 2.66. The van der Waals surface area contributed by atoms with Crippen molar-refractivity contribution in [1.29, 1.82) is 0 Å². The second kappa shape index (κ2) is 6.59. The Morgan fingerprint density at radius 3 is 2.60 bits per heavy atom. The Hall–Kier alpha value is -2.82. The van der Waals surface area contributed by atoms with E-state index < -0.39 is 0 Å². The largest absolute Gasteiger partial charge is 0.507 e. The minimum Gasteiger partial charge on any atom is -0.507 e. The molecule has 0 unspecified atom stereocenters. The molecule has 25 heavy (non-hydrogen) atoms. The molecule has 1 aliphatic rings. The predicted octanol–water partition coefficient (Wildman–Crippen LogP) is 3.72. The fraction of sp³-hybridized carbons (Fsp3) is 0.300. The molecule has 3 rings (SSSR count). The summed E-state index contributed by atoms with van der Waals surface area (Å²) >= 11 is 0. The lowest BCUT2D eigenvalue weighted by Crippen LogP contribution is -2.16. The van der Waals surface area contributed by atoms with Gasteiger partial charge in [-0.1, -0.05) is 39.0 Å². The number of benzene rings is 2. The lowest BCUT2D eigenvalue weighted by molar-refractivity contribution is 0.102. The van der Waals surface area contributed by atoms with Crippen LogP contribution in [0.2, 0.25) is 0 Å². The molecule has 0 radical (unpaired) electrons. The molecular formula is C20H22N2O3. The summed E-state index contributed by atoms with van der Waals surface area (Å²) in [5.74, 6) is 0.129.